The molecule has 1 N–H and O–H groups in total. The second-order valence-electron chi connectivity index (χ2n) is 7.05. The molecule has 0 amide bonds. The minimum atomic E-state index is -1.15. The Labute approximate surface area is 129 Å². The van der Waals surface area contributed by atoms with Gasteiger partial charge in [0.1, 0.15) is 0 Å². The molecule has 1 aliphatic rings. The standard InChI is InChI=1S/C17H29NSSi/c1-19-16-7-5-6-15(12-16)18-13-14-8-10-17(11-9-14)20(2,3)4/h8-11,15-16,18H,5-7,12-13H2,1-4H3. The Balaban J connectivity index is 1.85. The summed E-state index contributed by atoms with van der Waals surface area (Å²) in [5.74, 6) is 0. The van der Waals surface area contributed by atoms with Crippen LogP contribution in [0.2, 0.25) is 19.6 Å². The van der Waals surface area contributed by atoms with E-state index in [0.29, 0.717) is 0 Å². The lowest BCUT2D eigenvalue weighted by Crippen LogP contribution is -2.37. The van der Waals surface area contributed by atoms with Gasteiger partial charge >= 0.3 is 0 Å². The van der Waals surface area contributed by atoms with Crippen LogP contribution in [-0.2, 0) is 6.54 Å². The molecule has 1 nitrogen and oxygen atoms in total. The molecule has 0 spiro atoms. The zero-order valence-corrected chi connectivity index (χ0v) is 15.2. The molecule has 1 aliphatic carbocycles. The summed E-state index contributed by atoms with van der Waals surface area (Å²) >= 11 is 2.04. The van der Waals surface area contributed by atoms with Crippen molar-refractivity contribution < 1.29 is 0 Å². The van der Waals surface area contributed by atoms with Gasteiger partial charge in [0.2, 0.25) is 0 Å². The van der Waals surface area contributed by atoms with E-state index in [1.54, 1.807) is 5.19 Å². The quantitative estimate of drug-likeness (QED) is 0.825. The Morgan fingerprint density at radius 1 is 1.15 bits per heavy atom. The van der Waals surface area contributed by atoms with Crippen LogP contribution in [0.4, 0.5) is 0 Å². The zero-order valence-electron chi connectivity index (χ0n) is 13.4. The third-order valence-corrected chi connectivity index (χ3v) is 7.53. The molecule has 0 aromatic heterocycles. The van der Waals surface area contributed by atoms with Gasteiger partial charge in [-0.15, -0.1) is 0 Å². The van der Waals surface area contributed by atoms with Crippen LogP contribution in [0.1, 0.15) is 31.2 Å². The highest BCUT2D eigenvalue weighted by molar-refractivity contribution is 7.99. The van der Waals surface area contributed by atoms with Gasteiger partial charge < -0.3 is 5.32 Å². The Hall–Kier alpha value is -0.253. The SMILES string of the molecule is CSC1CCCC(NCc2ccc([Si](C)(C)C)cc2)C1. The molecule has 112 valence electrons. The minimum absolute atomic E-state index is 0.720. The summed E-state index contributed by atoms with van der Waals surface area (Å²) in [5.41, 5.74) is 1.43. The fourth-order valence-electron chi connectivity index (χ4n) is 2.93. The van der Waals surface area contributed by atoms with Crippen molar-refractivity contribution in [2.75, 3.05) is 6.26 Å². The van der Waals surface area contributed by atoms with E-state index in [0.717, 1.165) is 17.8 Å². The van der Waals surface area contributed by atoms with Crippen molar-refractivity contribution in [3.8, 4) is 0 Å². The van der Waals surface area contributed by atoms with Crippen molar-refractivity contribution in [1.29, 1.82) is 0 Å². The largest absolute Gasteiger partial charge is 0.310 e. The number of hydrogen-bond acceptors (Lipinski definition) is 2. The van der Waals surface area contributed by atoms with Crippen molar-refractivity contribution in [3.63, 3.8) is 0 Å². The number of hydrogen-bond donors (Lipinski definition) is 1. The number of benzene rings is 1. The van der Waals surface area contributed by atoms with Gasteiger partial charge in [0.15, 0.2) is 0 Å². The van der Waals surface area contributed by atoms with E-state index in [-0.39, 0.29) is 0 Å². The highest BCUT2D eigenvalue weighted by atomic mass is 32.2. The summed E-state index contributed by atoms with van der Waals surface area (Å²) in [7, 11) is -1.15. The highest BCUT2D eigenvalue weighted by Gasteiger charge is 2.20. The lowest BCUT2D eigenvalue weighted by Gasteiger charge is -2.29. The number of nitrogens with one attached hydrogen (secondary N) is 1. The van der Waals surface area contributed by atoms with Crippen LogP contribution < -0.4 is 10.5 Å². The van der Waals surface area contributed by atoms with Crippen LogP contribution in [-0.4, -0.2) is 25.6 Å². The van der Waals surface area contributed by atoms with E-state index < -0.39 is 8.07 Å². The molecular weight excluding hydrogens is 278 g/mol. The molecule has 0 radical (unpaired) electrons. The fourth-order valence-corrected chi connectivity index (χ4v) is 4.92. The first kappa shape index (κ1) is 16.1. The molecule has 0 saturated heterocycles. The summed E-state index contributed by atoms with van der Waals surface area (Å²) in [4.78, 5) is 0. The monoisotopic (exact) mass is 307 g/mol. The van der Waals surface area contributed by atoms with Crippen LogP contribution in [0.25, 0.3) is 0 Å². The van der Waals surface area contributed by atoms with Gasteiger partial charge in [0, 0.05) is 17.8 Å². The summed E-state index contributed by atoms with van der Waals surface area (Å²) in [6, 6.07) is 10.0. The van der Waals surface area contributed by atoms with Crippen molar-refractivity contribution >= 4 is 25.0 Å². The maximum absolute atomic E-state index is 3.76. The summed E-state index contributed by atoms with van der Waals surface area (Å²) < 4.78 is 0. The molecule has 0 bridgehead atoms. The van der Waals surface area contributed by atoms with E-state index in [9.17, 15) is 0 Å². The first-order valence-corrected chi connectivity index (χ1v) is 12.6. The lowest BCUT2D eigenvalue weighted by atomic mass is 9.95. The average molecular weight is 308 g/mol. The number of thioether (sulfide) groups is 1. The van der Waals surface area contributed by atoms with Crippen LogP contribution in [0.15, 0.2) is 24.3 Å². The predicted octanol–water partition coefficient (Wildman–Crippen LogP) is 4.00. The second kappa shape index (κ2) is 7.14. The molecule has 1 saturated carbocycles. The molecule has 2 atom stereocenters. The van der Waals surface area contributed by atoms with Gasteiger partial charge in [-0.05, 0) is 31.1 Å². The Morgan fingerprint density at radius 2 is 1.85 bits per heavy atom. The van der Waals surface area contributed by atoms with E-state index in [1.165, 1.54) is 31.2 Å². The summed E-state index contributed by atoms with van der Waals surface area (Å²) in [6.45, 7) is 8.25. The first-order valence-electron chi connectivity index (χ1n) is 7.84. The Kier molecular flexibility index (Phi) is 5.76. The van der Waals surface area contributed by atoms with Crippen LogP contribution in [0, 0.1) is 0 Å². The van der Waals surface area contributed by atoms with Crippen LogP contribution >= 0.6 is 11.8 Å². The van der Waals surface area contributed by atoms with Gasteiger partial charge in [-0.25, -0.2) is 0 Å². The summed E-state index contributed by atoms with van der Waals surface area (Å²) in [5, 5.41) is 6.19. The zero-order chi connectivity index (χ0) is 14.6. The van der Waals surface area contributed by atoms with Gasteiger partial charge in [-0.1, -0.05) is 55.5 Å². The molecule has 1 fully saturated rings. The molecule has 2 rings (SSSR count). The van der Waals surface area contributed by atoms with E-state index in [2.05, 4.69) is 55.5 Å². The second-order valence-corrected chi connectivity index (χ2v) is 13.3. The van der Waals surface area contributed by atoms with Crippen molar-refractivity contribution in [1.82, 2.24) is 5.32 Å². The molecule has 20 heavy (non-hydrogen) atoms. The maximum atomic E-state index is 3.76. The van der Waals surface area contributed by atoms with Crippen LogP contribution in [0.5, 0.6) is 0 Å². The lowest BCUT2D eigenvalue weighted by molar-refractivity contribution is 0.380. The number of rotatable bonds is 5. The smallest absolute Gasteiger partial charge is 0.0775 e. The molecule has 0 aliphatic heterocycles. The van der Waals surface area contributed by atoms with Crippen LogP contribution in [0.3, 0.4) is 0 Å². The molecule has 2 unspecified atom stereocenters. The van der Waals surface area contributed by atoms with Gasteiger partial charge in [0.25, 0.3) is 0 Å². The Bertz CT molecular complexity index is 410. The average Bonchev–Trinajstić information content (AvgIpc) is 2.45. The van der Waals surface area contributed by atoms with E-state index in [4.69, 9.17) is 0 Å². The van der Waals surface area contributed by atoms with E-state index >= 15 is 0 Å². The molecule has 1 aromatic rings. The normalized spacial score (nSPS) is 23.8. The molecule has 3 heteroatoms. The predicted molar refractivity (Wildman–Crippen MR) is 95.8 cm³/mol. The third-order valence-electron chi connectivity index (χ3n) is 4.37. The topological polar surface area (TPSA) is 12.0 Å². The van der Waals surface area contributed by atoms with E-state index in [1.807, 2.05) is 11.8 Å². The van der Waals surface area contributed by atoms with Gasteiger partial charge in [0.05, 0.1) is 8.07 Å². The molecule has 1 aromatic carbocycles. The molecular formula is C17H29NSSi. The Morgan fingerprint density at radius 3 is 2.45 bits per heavy atom. The summed E-state index contributed by atoms with van der Waals surface area (Å²) in [6.07, 6.45) is 7.74. The fraction of sp³-hybridized carbons (Fsp3) is 0.647. The van der Waals surface area contributed by atoms with Gasteiger partial charge in [-0.2, -0.15) is 11.8 Å². The van der Waals surface area contributed by atoms with Crippen molar-refractivity contribution in [2.45, 2.75) is 63.2 Å². The highest BCUT2D eigenvalue weighted by Crippen LogP contribution is 2.27. The maximum Gasteiger partial charge on any atom is 0.0775 e. The first-order chi connectivity index (χ1) is 9.49. The minimum Gasteiger partial charge on any atom is -0.310 e. The molecule has 0 heterocycles. The van der Waals surface area contributed by atoms with Gasteiger partial charge in [-0.3, -0.25) is 0 Å². The third kappa shape index (κ3) is 4.64. The van der Waals surface area contributed by atoms with Crippen molar-refractivity contribution in [3.05, 3.63) is 29.8 Å². The van der Waals surface area contributed by atoms with Crippen molar-refractivity contribution in [2.24, 2.45) is 0 Å².